The van der Waals surface area contributed by atoms with Crippen molar-refractivity contribution < 1.29 is 4.79 Å². The summed E-state index contributed by atoms with van der Waals surface area (Å²) in [6.45, 7) is 2.05. The van der Waals surface area contributed by atoms with Crippen LogP contribution in [0.1, 0.15) is 56.1 Å². The van der Waals surface area contributed by atoms with E-state index < -0.39 is 5.54 Å². The van der Waals surface area contributed by atoms with Crippen molar-refractivity contribution in [3.8, 4) is 6.07 Å². The first-order valence-electron chi connectivity index (χ1n) is 7.91. The number of benzene rings is 1. The second-order valence-corrected chi connectivity index (χ2v) is 6.14. The molecule has 3 nitrogen and oxygen atoms in total. The van der Waals surface area contributed by atoms with Crippen LogP contribution in [0.25, 0.3) is 0 Å². The normalized spacial score (nSPS) is 17.5. The van der Waals surface area contributed by atoms with Gasteiger partial charge >= 0.3 is 0 Å². The summed E-state index contributed by atoms with van der Waals surface area (Å²) in [4.78, 5) is 12.2. The molecule has 0 spiro atoms. The molecule has 1 aliphatic carbocycles. The van der Waals surface area contributed by atoms with Crippen LogP contribution in [0.2, 0.25) is 0 Å². The second-order valence-electron chi connectivity index (χ2n) is 6.14. The smallest absolute Gasteiger partial charge is 0.221 e. The number of nitrogens with zero attached hydrogens (tertiary/aromatic N) is 1. The van der Waals surface area contributed by atoms with Gasteiger partial charge in [0.15, 0.2) is 0 Å². The Morgan fingerprint density at radius 3 is 2.38 bits per heavy atom. The maximum absolute atomic E-state index is 12.2. The van der Waals surface area contributed by atoms with Crippen molar-refractivity contribution in [1.29, 1.82) is 5.26 Å². The highest BCUT2D eigenvalue weighted by molar-refractivity contribution is 5.77. The fourth-order valence-electron chi connectivity index (χ4n) is 2.94. The van der Waals surface area contributed by atoms with Crippen LogP contribution in [0.3, 0.4) is 0 Å². The number of hydrogen-bond acceptors (Lipinski definition) is 2. The highest BCUT2D eigenvalue weighted by Gasteiger charge is 2.32. The van der Waals surface area contributed by atoms with Gasteiger partial charge in [-0.25, -0.2) is 0 Å². The van der Waals surface area contributed by atoms with E-state index in [4.69, 9.17) is 0 Å². The van der Waals surface area contributed by atoms with Crippen molar-refractivity contribution in [2.45, 2.75) is 63.8 Å². The first kappa shape index (κ1) is 15.6. The van der Waals surface area contributed by atoms with Gasteiger partial charge in [-0.15, -0.1) is 0 Å². The van der Waals surface area contributed by atoms with E-state index in [2.05, 4.69) is 42.6 Å². The predicted octanol–water partition coefficient (Wildman–Crippen LogP) is 3.66. The summed E-state index contributed by atoms with van der Waals surface area (Å²) in [5.74, 6) is -0.000903. The Bertz CT molecular complexity index is 505. The third kappa shape index (κ3) is 4.60. The van der Waals surface area contributed by atoms with Gasteiger partial charge in [-0.05, 0) is 31.7 Å². The third-order valence-corrected chi connectivity index (χ3v) is 4.31. The molecular weight excluding hydrogens is 260 g/mol. The molecule has 0 atom stereocenters. The van der Waals surface area contributed by atoms with Gasteiger partial charge in [0.05, 0.1) is 6.07 Å². The molecule has 0 radical (unpaired) electrons. The zero-order valence-corrected chi connectivity index (χ0v) is 12.8. The molecule has 1 fully saturated rings. The van der Waals surface area contributed by atoms with E-state index in [1.54, 1.807) is 0 Å². The lowest BCUT2D eigenvalue weighted by Crippen LogP contribution is -2.47. The third-order valence-electron chi connectivity index (χ3n) is 4.31. The Morgan fingerprint density at radius 1 is 1.19 bits per heavy atom. The Morgan fingerprint density at radius 2 is 1.81 bits per heavy atom. The summed E-state index contributed by atoms with van der Waals surface area (Å²) in [5.41, 5.74) is 1.77. The zero-order valence-electron chi connectivity index (χ0n) is 12.8. The molecule has 1 saturated carbocycles. The molecular formula is C18H24N2O. The number of rotatable bonds is 4. The van der Waals surface area contributed by atoms with Gasteiger partial charge in [0, 0.05) is 6.42 Å². The number of nitriles is 1. The minimum atomic E-state index is -0.624. The first-order valence-corrected chi connectivity index (χ1v) is 7.91. The summed E-state index contributed by atoms with van der Waals surface area (Å²) in [7, 11) is 0. The lowest BCUT2D eigenvalue weighted by atomic mass is 9.91. The Hall–Kier alpha value is -1.82. The Kier molecular flexibility index (Phi) is 5.38. The molecule has 1 aromatic rings. The summed E-state index contributed by atoms with van der Waals surface area (Å²) in [6, 6.07) is 10.6. The molecule has 1 amide bonds. The van der Waals surface area contributed by atoms with Gasteiger partial charge in [0.2, 0.25) is 5.91 Å². The van der Waals surface area contributed by atoms with Crippen molar-refractivity contribution in [2.75, 3.05) is 0 Å². The van der Waals surface area contributed by atoms with Crippen LogP contribution in [0, 0.1) is 18.3 Å². The van der Waals surface area contributed by atoms with Crippen LogP contribution in [0.4, 0.5) is 0 Å². The van der Waals surface area contributed by atoms with Crippen molar-refractivity contribution in [3.05, 3.63) is 35.4 Å². The number of amides is 1. The minimum absolute atomic E-state index is 0.000903. The van der Waals surface area contributed by atoms with Gasteiger partial charge in [-0.3, -0.25) is 4.79 Å². The summed E-state index contributed by atoms with van der Waals surface area (Å²) in [5, 5.41) is 12.5. The molecule has 0 aromatic heterocycles. The zero-order chi connectivity index (χ0) is 15.1. The number of carbonyl (C=O) groups excluding carboxylic acids is 1. The quantitative estimate of drug-likeness (QED) is 0.858. The number of hydrogen-bond donors (Lipinski definition) is 1. The largest absolute Gasteiger partial charge is 0.338 e. The maximum Gasteiger partial charge on any atom is 0.221 e. The van der Waals surface area contributed by atoms with Crippen molar-refractivity contribution in [2.24, 2.45) is 0 Å². The average molecular weight is 284 g/mol. The second kappa shape index (κ2) is 7.26. The van der Waals surface area contributed by atoms with E-state index in [-0.39, 0.29) is 5.91 Å². The highest BCUT2D eigenvalue weighted by Crippen LogP contribution is 2.26. The van der Waals surface area contributed by atoms with E-state index >= 15 is 0 Å². The van der Waals surface area contributed by atoms with Gasteiger partial charge < -0.3 is 5.32 Å². The lowest BCUT2D eigenvalue weighted by molar-refractivity contribution is -0.122. The molecule has 1 N–H and O–H groups in total. The average Bonchev–Trinajstić information content (AvgIpc) is 2.73. The molecule has 0 heterocycles. The van der Waals surface area contributed by atoms with E-state index in [9.17, 15) is 10.1 Å². The Balaban J connectivity index is 1.88. The van der Waals surface area contributed by atoms with Gasteiger partial charge in [-0.1, -0.05) is 55.5 Å². The monoisotopic (exact) mass is 284 g/mol. The SMILES string of the molecule is Cc1ccc(CCC(=O)NC2(C#N)CCCCCC2)cc1. The molecule has 3 heteroatoms. The lowest BCUT2D eigenvalue weighted by Gasteiger charge is -2.26. The van der Waals surface area contributed by atoms with Gasteiger partial charge in [-0.2, -0.15) is 5.26 Å². The van der Waals surface area contributed by atoms with Crippen LogP contribution in [0.15, 0.2) is 24.3 Å². The molecule has 1 aromatic carbocycles. The van der Waals surface area contributed by atoms with Crippen LogP contribution < -0.4 is 5.32 Å². The molecule has 0 aliphatic heterocycles. The summed E-state index contributed by atoms with van der Waals surface area (Å²) >= 11 is 0. The number of aryl methyl sites for hydroxylation is 2. The van der Waals surface area contributed by atoms with Crippen LogP contribution in [-0.2, 0) is 11.2 Å². The predicted molar refractivity (Wildman–Crippen MR) is 83.7 cm³/mol. The maximum atomic E-state index is 12.2. The van der Waals surface area contributed by atoms with Crippen molar-refractivity contribution >= 4 is 5.91 Å². The van der Waals surface area contributed by atoms with E-state index in [1.165, 1.54) is 24.0 Å². The number of nitrogens with one attached hydrogen (secondary N) is 1. The van der Waals surface area contributed by atoms with Gasteiger partial charge in [0.1, 0.15) is 5.54 Å². The fraction of sp³-hybridized carbons (Fsp3) is 0.556. The van der Waals surface area contributed by atoms with Crippen molar-refractivity contribution in [3.63, 3.8) is 0 Å². The number of carbonyl (C=O) groups is 1. The van der Waals surface area contributed by atoms with E-state index in [0.29, 0.717) is 6.42 Å². The van der Waals surface area contributed by atoms with E-state index in [0.717, 1.165) is 32.1 Å². The first-order chi connectivity index (χ1) is 10.1. The summed E-state index contributed by atoms with van der Waals surface area (Å²) < 4.78 is 0. The molecule has 2 rings (SSSR count). The van der Waals surface area contributed by atoms with Crippen LogP contribution in [-0.4, -0.2) is 11.4 Å². The molecule has 0 unspecified atom stereocenters. The summed E-state index contributed by atoms with van der Waals surface area (Å²) in [6.07, 6.45) is 7.17. The van der Waals surface area contributed by atoms with Crippen LogP contribution in [0.5, 0.6) is 0 Å². The van der Waals surface area contributed by atoms with Crippen molar-refractivity contribution in [1.82, 2.24) is 5.32 Å². The fourth-order valence-corrected chi connectivity index (χ4v) is 2.94. The molecule has 1 aliphatic rings. The Labute approximate surface area is 127 Å². The van der Waals surface area contributed by atoms with Crippen LogP contribution >= 0.6 is 0 Å². The van der Waals surface area contributed by atoms with Gasteiger partial charge in [0.25, 0.3) is 0 Å². The topological polar surface area (TPSA) is 52.9 Å². The molecule has 0 saturated heterocycles. The van der Waals surface area contributed by atoms with E-state index in [1.807, 2.05) is 0 Å². The molecule has 21 heavy (non-hydrogen) atoms. The highest BCUT2D eigenvalue weighted by atomic mass is 16.1. The molecule has 112 valence electrons. The minimum Gasteiger partial charge on any atom is -0.338 e. The standard InChI is InChI=1S/C18H24N2O/c1-15-6-8-16(9-7-15)10-11-17(21)20-18(14-19)12-4-2-3-5-13-18/h6-9H,2-5,10-13H2,1H3,(H,20,21). The molecule has 0 bridgehead atoms.